The summed E-state index contributed by atoms with van der Waals surface area (Å²) in [6, 6.07) is 26.5. The van der Waals surface area contributed by atoms with Gasteiger partial charge in [0.05, 0.1) is 12.0 Å². The molecule has 3 aromatic rings. The molecule has 1 amide bonds. The van der Waals surface area contributed by atoms with Crippen molar-refractivity contribution in [2.45, 2.75) is 18.9 Å². The maximum absolute atomic E-state index is 13.5. The highest BCUT2D eigenvalue weighted by atomic mass is 16.2. The molecule has 4 rings (SSSR count). The van der Waals surface area contributed by atoms with Gasteiger partial charge in [-0.15, -0.1) is 0 Å². The van der Waals surface area contributed by atoms with Crippen LogP contribution in [-0.2, 0) is 9.59 Å². The summed E-state index contributed by atoms with van der Waals surface area (Å²) >= 11 is 0. The molecule has 1 aliphatic heterocycles. The minimum Gasteiger partial charge on any atom is -0.302 e. The smallest absolute Gasteiger partial charge is 0.239 e. The lowest BCUT2D eigenvalue weighted by Crippen LogP contribution is -2.34. The Bertz CT molecular complexity index is 1030. The van der Waals surface area contributed by atoms with Crippen molar-refractivity contribution >= 4 is 23.2 Å². The van der Waals surface area contributed by atoms with E-state index in [1.54, 1.807) is 43.3 Å². The van der Waals surface area contributed by atoms with Gasteiger partial charge in [-0.1, -0.05) is 78.9 Å². The second kappa shape index (κ2) is 7.84. The molecule has 0 bridgehead atoms. The molecule has 0 radical (unpaired) electrons. The first-order valence-corrected chi connectivity index (χ1v) is 9.65. The summed E-state index contributed by atoms with van der Waals surface area (Å²) in [4.78, 5) is 41.6. The lowest BCUT2D eigenvalue weighted by Gasteiger charge is -2.22. The van der Waals surface area contributed by atoms with Gasteiger partial charge in [-0.3, -0.25) is 14.4 Å². The number of benzene rings is 3. The maximum Gasteiger partial charge on any atom is 0.239 e. The lowest BCUT2D eigenvalue weighted by atomic mass is 9.78. The van der Waals surface area contributed by atoms with Gasteiger partial charge in [0, 0.05) is 11.3 Å². The summed E-state index contributed by atoms with van der Waals surface area (Å²) in [5, 5.41) is 0. The second-order valence-electron chi connectivity index (χ2n) is 7.22. The van der Waals surface area contributed by atoms with Crippen molar-refractivity contribution in [3.05, 3.63) is 102 Å². The largest absolute Gasteiger partial charge is 0.302 e. The number of ketones is 2. The highest BCUT2D eigenvalue weighted by Gasteiger charge is 2.51. The summed E-state index contributed by atoms with van der Waals surface area (Å²) in [5.74, 6) is -2.66. The van der Waals surface area contributed by atoms with Crippen molar-refractivity contribution < 1.29 is 14.4 Å². The molecule has 0 aliphatic carbocycles. The van der Waals surface area contributed by atoms with Gasteiger partial charge in [-0.25, -0.2) is 0 Å². The Morgan fingerprint density at radius 3 is 1.90 bits per heavy atom. The summed E-state index contributed by atoms with van der Waals surface area (Å²) in [6.07, 6.45) is 0. The topological polar surface area (TPSA) is 54.5 Å². The van der Waals surface area contributed by atoms with Gasteiger partial charge in [-0.05, 0) is 24.6 Å². The first-order chi connectivity index (χ1) is 14.1. The quantitative estimate of drug-likeness (QED) is 0.488. The van der Waals surface area contributed by atoms with Crippen LogP contribution in [-0.4, -0.2) is 23.5 Å². The SMILES string of the molecule is CC1C(=O)C(C(C(=O)c2ccccc2)c2ccccc2)C(=O)N1c1ccccc1. The summed E-state index contributed by atoms with van der Waals surface area (Å²) in [5.41, 5.74) is 1.84. The molecule has 4 nitrogen and oxygen atoms in total. The number of carbonyl (C=O) groups excluding carboxylic acids is 3. The van der Waals surface area contributed by atoms with E-state index in [0.717, 1.165) is 0 Å². The maximum atomic E-state index is 13.5. The Balaban J connectivity index is 1.79. The number of Topliss-reactive ketones (excluding diaryl/α,β-unsaturated/α-hetero) is 2. The van der Waals surface area contributed by atoms with E-state index in [9.17, 15) is 14.4 Å². The summed E-state index contributed by atoms with van der Waals surface area (Å²) in [7, 11) is 0. The molecule has 3 atom stereocenters. The van der Waals surface area contributed by atoms with Crippen LogP contribution in [0.2, 0.25) is 0 Å². The number of para-hydroxylation sites is 1. The summed E-state index contributed by atoms with van der Waals surface area (Å²) < 4.78 is 0. The highest BCUT2D eigenvalue weighted by molar-refractivity contribution is 6.23. The van der Waals surface area contributed by atoms with Crippen LogP contribution in [0.15, 0.2) is 91.0 Å². The van der Waals surface area contributed by atoms with Gasteiger partial charge < -0.3 is 4.90 Å². The predicted molar refractivity (Wildman–Crippen MR) is 112 cm³/mol. The molecule has 0 saturated carbocycles. The number of carbonyl (C=O) groups is 3. The van der Waals surface area contributed by atoms with Crippen LogP contribution >= 0.6 is 0 Å². The fourth-order valence-electron chi connectivity index (χ4n) is 4.03. The molecule has 4 heteroatoms. The molecule has 1 fully saturated rings. The van der Waals surface area contributed by atoms with E-state index < -0.39 is 17.9 Å². The van der Waals surface area contributed by atoms with Gasteiger partial charge in [0.1, 0.15) is 5.92 Å². The van der Waals surface area contributed by atoms with Crippen molar-refractivity contribution in [3.63, 3.8) is 0 Å². The van der Waals surface area contributed by atoms with Gasteiger partial charge in [-0.2, -0.15) is 0 Å². The number of nitrogens with zero attached hydrogens (tertiary/aromatic N) is 1. The molecular weight excluding hydrogens is 362 g/mol. The molecule has 1 saturated heterocycles. The fraction of sp³-hybridized carbons (Fsp3) is 0.160. The summed E-state index contributed by atoms with van der Waals surface area (Å²) in [6.45, 7) is 1.72. The Labute approximate surface area is 169 Å². The zero-order valence-electron chi connectivity index (χ0n) is 16.1. The van der Waals surface area contributed by atoms with Crippen LogP contribution in [0.1, 0.15) is 28.8 Å². The zero-order chi connectivity index (χ0) is 20.4. The van der Waals surface area contributed by atoms with Gasteiger partial charge in [0.15, 0.2) is 11.6 Å². The minimum absolute atomic E-state index is 0.217. The third-order valence-corrected chi connectivity index (χ3v) is 5.48. The number of anilines is 1. The molecule has 1 aliphatic rings. The Kier molecular flexibility index (Phi) is 5.09. The van der Waals surface area contributed by atoms with Crippen molar-refractivity contribution in [3.8, 4) is 0 Å². The number of hydrogen-bond acceptors (Lipinski definition) is 3. The van der Waals surface area contributed by atoms with Gasteiger partial charge >= 0.3 is 0 Å². The third kappa shape index (κ3) is 3.38. The van der Waals surface area contributed by atoms with Crippen LogP contribution in [0.3, 0.4) is 0 Å². The van der Waals surface area contributed by atoms with E-state index in [-0.39, 0.29) is 17.5 Å². The average Bonchev–Trinajstić information content (AvgIpc) is 2.99. The van der Waals surface area contributed by atoms with Crippen LogP contribution in [0, 0.1) is 5.92 Å². The monoisotopic (exact) mass is 383 g/mol. The first-order valence-electron chi connectivity index (χ1n) is 9.65. The van der Waals surface area contributed by atoms with Crippen LogP contribution in [0.4, 0.5) is 5.69 Å². The minimum atomic E-state index is -1.04. The molecule has 3 unspecified atom stereocenters. The zero-order valence-corrected chi connectivity index (χ0v) is 16.1. The van der Waals surface area contributed by atoms with E-state index in [4.69, 9.17) is 0 Å². The van der Waals surface area contributed by atoms with Gasteiger partial charge in [0.2, 0.25) is 5.91 Å². The van der Waals surface area contributed by atoms with E-state index >= 15 is 0 Å². The molecule has 0 aromatic heterocycles. The van der Waals surface area contributed by atoms with Crippen molar-refractivity contribution in [1.29, 1.82) is 0 Å². The van der Waals surface area contributed by atoms with E-state index in [1.165, 1.54) is 4.90 Å². The lowest BCUT2D eigenvalue weighted by molar-refractivity contribution is -0.127. The van der Waals surface area contributed by atoms with Crippen LogP contribution in [0.25, 0.3) is 0 Å². The standard InChI is InChI=1S/C25H21NO3/c1-17-23(27)22(25(29)26(17)20-15-9-4-10-16-20)21(18-11-5-2-6-12-18)24(28)19-13-7-3-8-14-19/h2-17,21-22H,1H3. The van der Waals surface area contributed by atoms with Crippen LogP contribution in [0.5, 0.6) is 0 Å². The molecule has 1 heterocycles. The first kappa shape index (κ1) is 18.8. The van der Waals surface area contributed by atoms with Crippen molar-refractivity contribution in [2.24, 2.45) is 5.92 Å². The van der Waals surface area contributed by atoms with Crippen molar-refractivity contribution in [2.75, 3.05) is 4.90 Å². The fourth-order valence-corrected chi connectivity index (χ4v) is 4.03. The van der Waals surface area contributed by atoms with Crippen molar-refractivity contribution in [1.82, 2.24) is 0 Å². The number of amides is 1. The third-order valence-electron chi connectivity index (χ3n) is 5.48. The predicted octanol–water partition coefficient (Wildman–Crippen LogP) is 4.27. The Morgan fingerprint density at radius 1 is 0.793 bits per heavy atom. The number of rotatable bonds is 5. The van der Waals surface area contributed by atoms with E-state index in [2.05, 4.69) is 0 Å². The molecule has 3 aromatic carbocycles. The van der Waals surface area contributed by atoms with E-state index in [0.29, 0.717) is 16.8 Å². The second-order valence-corrected chi connectivity index (χ2v) is 7.22. The number of hydrogen-bond donors (Lipinski definition) is 0. The van der Waals surface area contributed by atoms with E-state index in [1.807, 2.05) is 54.6 Å². The van der Waals surface area contributed by atoms with Crippen LogP contribution < -0.4 is 4.90 Å². The van der Waals surface area contributed by atoms with Gasteiger partial charge in [0.25, 0.3) is 0 Å². The molecule has 0 N–H and O–H groups in total. The Hall–Kier alpha value is -3.53. The Morgan fingerprint density at radius 2 is 1.31 bits per heavy atom. The molecule has 29 heavy (non-hydrogen) atoms. The average molecular weight is 383 g/mol. The molecular formula is C25H21NO3. The molecule has 144 valence electrons. The normalized spacial score (nSPS) is 20.0. The highest BCUT2D eigenvalue weighted by Crippen LogP contribution is 2.38. The molecule has 0 spiro atoms.